The standard InChI is InChI=1S/C22H23N3O3/c1-28-18-10-8-15(9-11-18)13-20-19-7-2-3-12-23-21(19)25(24-20)17-6-4-5-16(14-17)22(26)27/h4-6,8-11,14,23H,2-3,7,12-13H2,1H3,(H,26,27). The van der Waals surface area contributed by atoms with Crippen LogP contribution >= 0.6 is 0 Å². The van der Waals surface area contributed by atoms with Crippen LogP contribution in [0.1, 0.15) is 40.0 Å². The largest absolute Gasteiger partial charge is 0.497 e. The summed E-state index contributed by atoms with van der Waals surface area (Å²) in [6.45, 7) is 0.888. The van der Waals surface area contributed by atoms with Crippen molar-refractivity contribution < 1.29 is 14.6 Å². The smallest absolute Gasteiger partial charge is 0.335 e. The molecule has 0 aliphatic carbocycles. The van der Waals surface area contributed by atoms with E-state index >= 15 is 0 Å². The Balaban J connectivity index is 1.75. The van der Waals surface area contributed by atoms with Crippen molar-refractivity contribution in [3.8, 4) is 11.4 Å². The van der Waals surface area contributed by atoms with Crippen molar-refractivity contribution >= 4 is 11.8 Å². The molecular formula is C22H23N3O3. The molecule has 0 spiro atoms. The van der Waals surface area contributed by atoms with Gasteiger partial charge in [0.15, 0.2) is 0 Å². The van der Waals surface area contributed by atoms with Gasteiger partial charge in [0.05, 0.1) is 24.1 Å². The number of anilines is 1. The van der Waals surface area contributed by atoms with Crippen molar-refractivity contribution in [2.24, 2.45) is 0 Å². The molecule has 28 heavy (non-hydrogen) atoms. The van der Waals surface area contributed by atoms with Gasteiger partial charge in [-0.3, -0.25) is 0 Å². The van der Waals surface area contributed by atoms with E-state index in [9.17, 15) is 9.90 Å². The van der Waals surface area contributed by atoms with Crippen molar-refractivity contribution in [1.82, 2.24) is 9.78 Å². The Labute approximate surface area is 163 Å². The summed E-state index contributed by atoms with van der Waals surface area (Å²) in [7, 11) is 1.66. The first-order chi connectivity index (χ1) is 13.7. The maximum absolute atomic E-state index is 11.4. The summed E-state index contributed by atoms with van der Waals surface area (Å²) in [6.07, 6.45) is 3.90. The number of carboxylic acid groups (broad SMARTS) is 1. The average molecular weight is 377 g/mol. The van der Waals surface area contributed by atoms with Crippen LogP contribution in [0.2, 0.25) is 0 Å². The number of aromatic carboxylic acids is 1. The van der Waals surface area contributed by atoms with Crippen LogP contribution in [-0.2, 0) is 12.8 Å². The van der Waals surface area contributed by atoms with Crippen LogP contribution in [0.3, 0.4) is 0 Å². The fourth-order valence-corrected chi connectivity index (χ4v) is 3.61. The molecule has 4 rings (SSSR count). The number of carbonyl (C=O) groups is 1. The van der Waals surface area contributed by atoms with Gasteiger partial charge in [-0.25, -0.2) is 9.48 Å². The summed E-state index contributed by atoms with van der Waals surface area (Å²) < 4.78 is 7.09. The summed E-state index contributed by atoms with van der Waals surface area (Å²) in [6, 6.07) is 14.9. The SMILES string of the molecule is COc1ccc(Cc2nn(-c3cccc(C(=O)O)c3)c3c2CCCCN3)cc1. The highest BCUT2D eigenvalue weighted by Crippen LogP contribution is 2.30. The van der Waals surface area contributed by atoms with Crippen LogP contribution in [0.4, 0.5) is 5.82 Å². The number of rotatable bonds is 5. The number of fused-ring (bicyclic) bond motifs is 1. The lowest BCUT2D eigenvalue weighted by Crippen LogP contribution is -2.08. The predicted octanol–water partition coefficient (Wildman–Crippen LogP) is 3.92. The van der Waals surface area contributed by atoms with Gasteiger partial charge in [-0.1, -0.05) is 18.2 Å². The van der Waals surface area contributed by atoms with Gasteiger partial charge < -0.3 is 15.2 Å². The number of hydrogen-bond donors (Lipinski definition) is 2. The molecule has 3 aromatic rings. The number of nitrogens with one attached hydrogen (secondary N) is 1. The number of methoxy groups -OCH3 is 1. The first kappa shape index (κ1) is 18.1. The fourth-order valence-electron chi connectivity index (χ4n) is 3.61. The Bertz CT molecular complexity index is 993. The second-order valence-electron chi connectivity index (χ2n) is 6.95. The molecule has 144 valence electrons. The third-order valence-corrected chi connectivity index (χ3v) is 5.08. The van der Waals surface area contributed by atoms with E-state index in [1.165, 1.54) is 5.56 Å². The molecule has 1 aromatic heterocycles. The molecule has 2 N–H and O–H groups in total. The average Bonchev–Trinajstić information content (AvgIpc) is 2.89. The zero-order chi connectivity index (χ0) is 19.5. The van der Waals surface area contributed by atoms with Gasteiger partial charge >= 0.3 is 5.97 Å². The van der Waals surface area contributed by atoms with E-state index in [-0.39, 0.29) is 5.56 Å². The quantitative estimate of drug-likeness (QED) is 0.705. The minimum atomic E-state index is -0.938. The number of aromatic nitrogens is 2. The van der Waals surface area contributed by atoms with Crippen molar-refractivity contribution in [3.63, 3.8) is 0 Å². The zero-order valence-electron chi connectivity index (χ0n) is 15.8. The molecule has 0 atom stereocenters. The molecule has 0 fully saturated rings. The number of nitrogens with zero attached hydrogens (tertiary/aromatic N) is 2. The van der Waals surface area contributed by atoms with E-state index in [1.54, 1.807) is 25.3 Å². The molecule has 0 saturated heterocycles. The molecule has 1 aliphatic heterocycles. The second kappa shape index (κ2) is 7.76. The highest BCUT2D eigenvalue weighted by atomic mass is 16.5. The Kier molecular flexibility index (Phi) is 5.02. The fraction of sp³-hybridized carbons (Fsp3) is 0.273. The highest BCUT2D eigenvalue weighted by molar-refractivity contribution is 5.88. The van der Waals surface area contributed by atoms with E-state index in [4.69, 9.17) is 9.84 Å². The third-order valence-electron chi connectivity index (χ3n) is 5.08. The highest BCUT2D eigenvalue weighted by Gasteiger charge is 2.21. The number of benzene rings is 2. The normalized spacial score (nSPS) is 13.3. The summed E-state index contributed by atoms with van der Waals surface area (Å²) in [5.41, 5.74) is 4.42. The monoisotopic (exact) mass is 377 g/mol. The molecule has 0 radical (unpaired) electrons. The summed E-state index contributed by atoms with van der Waals surface area (Å²) in [5.74, 6) is 0.871. The topological polar surface area (TPSA) is 76.4 Å². The Morgan fingerprint density at radius 1 is 1.21 bits per heavy atom. The minimum Gasteiger partial charge on any atom is -0.497 e. The molecule has 6 nitrogen and oxygen atoms in total. The summed E-state index contributed by atoms with van der Waals surface area (Å²) in [4.78, 5) is 11.4. The maximum Gasteiger partial charge on any atom is 0.335 e. The number of ether oxygens (including phenoxy) is 1. The van der Waals surface area contributed by atoms with Gasteiger partial charge in [0.2, 0.25) is 0 Å². The molecule has 6 heteroatoms. The van der Waals surface area contributed by atoms with Gasteiger partial charge in [0, 0.05) is 18.5 Å². The van der Waals surface area contributed by atoms with Crippen molar-refractivity contribution in [2.75, 3.05) is 19.0 Å². The first-order valence-electron chi connectivity index (χ1n) is 9.47. The maximum atomic E-state index is 11.4. The van der Waals surface area contributed by atoms with Gasteiger partial charge in [-0.15, -0.1) is 0 Å². The van der Waals surface area contributed by atoms with Gasteiger partial charge in [0.1, 0.15) is 11.6 Å². The third kappa shape index (κ3) is 3.58. The van der Waals surface area contributed by atoms with Crippen molar-refractivity contribution in [2.45, 2.75) is 25.7 Å². The lowest BCUT2D eigenvalue weighted by molar-refractivity contribution is 0.0697. The second-order valence-corrected chi connectivity index (χ2v) is 6.95. The molecule has 2 aromatic carbocycles. The van der Waals surface area contributed by atoms with Gasteiger partial charge in [0.25, 0.3) is 0 Å². The summed E-state index contributed by atoms with van der Waals surface area (Å²) >= 11 is 0. The van der Waals surface area contributed by atoms with Gasteiger partial charge in [-0.05, 0) is 55.2 Å². The van der Waals surface area contributed by atoms with Crippen LogP contribution in [0, 0.1) is 0 Å². The van der Waals surface area contributed by atoms with Gasteiger partial charge in [-0.2, -0.15) is 5.10 Å². The first-order valence-corrected chi connectivity index (χ1v) is 9.47. The Morgan fingerprint density at radius 2 is 2.04 bits per heavy atom. The van der Waals surface area contributed by atoms with E-state index in [0.717, 1.165) is 60.7 Å². The molecule has 0 amide bonds. The lowest BCUT2D eigenvalue weighted by atomic mass is 10.0. The molecule has 1 aliphatic rings. The molecule has 0 unspecified atom stereocenters. The molecule has 2 heterocycles. The zero-order valence-corrected chi connectivity index (χ0v) is 15.8. The number of carboxylic acids is 1. The Morgan fingerprint density at radius 3 is 2.79 bits per heavy atom. The van der Waals surface area contributed by atoms with E-state index in [0.29, 0.717) is 0 Å². The van der Waals surface area contributed by atoms with Crippen LogP contribution in [-0.4, -0.2) is 34.5 Å². The summed E-state index contributed by atoms with van der Waals surface area (Å²) in [5, 5.41) is 17.7. The van der Waals surface area contributed by atoms with E-state index in [2.05, 4.69) is 17.4 Å². The number of hydrogen-bond acceptors (Lipinski definition) is 4. The van der Waals surface area contributed by atoms with Crippen LogP contribution in [0.25, 0.3) is 5.69 Å². The van der Waals surface area contributed by atoms with Crippen LogP contribution in [0.5, 0.6) is 5.75 Å². The lowest BCUT2D eigenvalue weighted by Gasteiger charge is -2.09. The van der Waals surface area contributed by atoms with Crippen LogP contribution < -0.4 is 10.1 Å². The predicted molar refractivity (Wildman–Crippen MR) is 108 cm³/mol. The minimum absolute atomic E-state index is 0.257. The Hall–Kier alpha value is -3.28. The van der Waals surface area contributed by atoms with E-state index in [1.807, 2.05) is 22.9 Å². The molecular weight excluding hydrogens is 354 g/mol. The molecule has 0 saturated carbocycles. The van der Waals surface area contributed by atoms with E-state index < -0.39 is 5.97 Å². The molecule has 0 bridgehead atoms. The van der Waals surface area contributed by atoms with Crippen molar-refractivity contribution in [1.29, 1.82) is 0 Å². The van der Waals surface area contributed by atoms with Crippen LogP contribution in [0.15, 0.2) is 48.5 Å². The van der Waals surface area contributed by atoms with Crippen molar-refractivity contribution in [3.05, 3.63) is 70.9 Å².